The highest BCUT2D eigenvalue weighted by Crippen LogP contribution is 2.37. The average molecular weight is 447 g/mol. The molecule has 2 aromatic carbocycles. The number of hydrogen-bond acceptors (Lipinski definition) is 5. The van der Waals surface area contributed by atoms with Gasteiger partial charge in [-0.2, -0.15) is 13.2 Å². The molecule has 3 rings (SSSR count). The number of hydrogen-bond donors (Lipinski definition) is 1. The number of carbonyl (C=O) groups is 1. The lowest BCUT2D eigenvalue weighted by Crippen LogP contribution is -2.19. The monoisotopic (exact) mass is 447 g/mol. The molecule has 0 aliphatic carbocycles. The molecule has 0 saturated carbocycles. The van der Waals surface area contributed by atoms with Crippen LogP contribution in [-0.2, 0) is 24.0 Å². The summed E-state index contributed by atoms with van der Waals surface area (Å²) in [6.45, 7) is 3.93. The molecule has 3 aromatic rings. The molecular formula is C23H24F3N3O3. The Labute approximate surface area is 184 Å². The lowest BCUT2D eigenvalue weighted by atomic mass is 10.1. The molecule has 0 unspecified atom stereocenters. The second-order valence-electron chi connectivity index (χ2n) is 7.58. The highest BCUT2D eigenvalue weighted by atomic mass is 19.4. The van der Waals surface area contributed by atoms with Gasteiger partial charge in [0.15, 0.2) is 0 Å². The van der Waals surface area contributed by atoms with Crippen LogP contribution in [0.3, 0.4) is 0 Å². The summed E-state index contributed by atoms with van der Waals surface area (Å²) in [5.41, 5.74) is 1.50. The summed E-state index contributed by atoms with van der Waals surface area (Å²) < 4.78 is 51.2. The number of benzene rings is 2. The first-order chi connectivity index (χ1) is 15.0. The molecule has 6 nitrogen and oxygen atoms in total. The number of amides is 1. The van der Waals surface area contributed by atoms with Crippen LogP contribution >= 0.6 is 0 Å². The van der Waals surface area contributed by atoms with Crippen molar-refractivity contribution in [3.8, 4) is 5.75 Å². The Morgan fingerprint density at radius 2 is 1.81 bits per heavy atom. The predicted octanol–water partition coefficient (Wildman–Crippen LogP) is 5.14. The van der Waals surface area contributed by atoms with Crippen LogP contribution < -0.4 is 15.0 Å². The SMILES string of the molecule is Cc1noc(C)c1COc1ccc(CC(=O)Nc2ccc(N(C)C)cc2C(F)(F)F)cc1. The highest BCUT2D eigenvalue weighted by Gasteiger charge is 2.34. The molecule has 0 aliphatic heterocycles. The number of carbonyl (C=O) groups excluding carboxylic acids is 1. The molecule has 32 heavy (non-hydrogen) atoms. The van der Waals surface area contributed by atoms with E-state index in [4.69, 9.17) is 9.26 Å². The van der Waals surface area contributed by atoms with E-state index in [1.165, 1.54) is 12.1 Å². The van der Waals surface area contributed by atoms with Crippen molar-refractivity contribution in [2.24, 2.45) is 0 Å². The largest absolute Gasteiger partial charge is 0.489 e. The van der Waals surface area contributed by atoms with Crippen LogP contribution in [0.5, 0.6) is 5.75 Å². The summed E-state index contributed by atoms with van der Waals surface area (Å²) in [4.78, 5) is 13.9. The standard InChI is InChI=1S/C23H24F3N3O3/c1-14-19(15(2)32-28-14)13-31-18-8-5-16(6-9-18)11-22(30)27-21-10-7-17(29(3)4)12-20(21)23(24,25)26/h5-10,12H,11,13H2,1-4H3,(H,27,30). The zero-order valence-corrected chi connectivity index (χ0v) is 18.2. The zero-order chi connectivity index (χ0) is 23.5. The predicted molar refractivity (Wildman–Crippen MR) is 115 cm³/mol. The van der Waals surface area contributed by atoms with Crippen molar-refractivity contribution in [2.45, 2.75) is 33.1 Å². The van der Waals surface area contributed by atoms with Crippen LogP contribution in [0.4, 0.5) is 24.5 Å². The number of ether oxygens (including phenoxy) is 1. The molecule has 170 valence electrons. The minimum atomic E-state index is -4.59. The van der Waals surface area contributed by atoms with E-state index >= 15 is 0 Å². The van der Waals surface area contributed by atoms with Gasteiger partial charge in [0.2, 0.25) is 5.91 Å². The maximum absolute atomic E-state index is 13.4. The van der Waals surface area contributed by atoms with E-state index in [0.717, 1.165) is 17.3 Å². The summed E-state index contributed by atoms with van der Waals surface area (Å²) in [7, 11) is 3.30. The topological polar surface area (TPSA) is 67.6 Å². The van der Waals surface area contributed by atoms with Gasteiger partial charge in [-0.05, 0) is 49.7 Å². The fourth-order valence-corrected chi connectivity index (χ4v) is 3.10. The number of halogens is 3. The number of aryl methyl sites for hydroxylation is 2. The second-order valence-corrected chi connectivity index (χ2v) is 7.58. The first-order valence-corrected chi connectivity index (χ1v) is 9.86. The minimum absolute atomic E-state index is 0.0725. The van der Waals surface area contributed by atoms with Gasteiger partial charge in [-0.1, -0.05) is 17.3 Å². The van der Waals surface area contributed by atoms with E-state index in [0.29, 0.717) is 29.4 Å². The van der Waals surface area contributed by atoms with E-state index in [-0.39, 0.29) is 12.1 Å². The maximum atomic E-state index is 13.4. The molecule has 0 atom stereocenters. The molecule has 1 amide bonds. The Morgan fingerprint density at radius 1 is 1.12 bits per heavy atom. The van der Waals surface area contributed by atoms with Gasteiger partial charge >= 0.3 is 6.18 Å². The van der Waals surface area contributed by atoms with Gasteiger partial charge in [-0.3, -0.25) is 4.79 Å². The number of rotatable bonds is 7. The molecule has 0 spiro atoms. The second kappa shape index (κ2) is 9.33. The van der Waals surface area contributed by atoms with Crippen molar-refractivity contribution in [2.75, 3.05) is 24.3 Å². The quantitative estimate of drug-likeness (QED) is 0.544. The van der Waals surface area contributed by atoms with Crippen LogP contribution in [0.2, 0.25) is 0 Å². The molecule has 1 heterocycles. The van der Waals surface area contributed by atoms with Gasteiger partial charge in [-0.25, -0.2) is 0 Å². The number of nitrogens with zero attached hydrogens (tertiary/aromatic N) is 2. The van der Waals surface area contributed by atoms with E-state index in [1.807, 2.05) is 6.92 Å². The number of anilines is 2. The fourth-order valence-electron chi connectivity index (χ4n) is 3.10. The molecule has 0 fully saturated rings. The van der Waals surface area contributed by atoms with Crippen molar-refractivity contribution in [1.82, 2.24) is 5.16 Å². The molecule has 1 aromatic heterocycles. The Kier molecular flexibility index (Phi) is 6.76. The van der Waals surface area contributed by atoms with Crippen molar-refractivity contribution in [1.29, 1.82) is 0 Å². The Morgan fingerprint density at radius 3 is 2.38 bits per heavy atom. The average Bonchev–Trinajstić information content (AvgIpc) is 3.04. The summed E-state index contributed by atoms with van der Waals surface area (Å²) >= 11 is 0. The van der Waals surface area contributed by atoms with Crippen LogP contribution in [0.25, 0.3) is 0 Å². The Bertz CT molecular complexity index is 1070. The fraction of sp³-hybridized carbons (Fsp3) is 0.304. The van der Waals surface area contributed by atoms with Gasteiger partial charge in [0.05, 0.1) is 28.9 Å². The number of aromatic nitrogens is 1. The zero-order valence-electron chi connectivity index (χ0n) is 18.2. The first-order valence-electron chi connectivity index (χ1n) is 9.86. The molecule has 1 N–H and O–H groups in total. The van der Waals surface area contributed by atoms with E-state index < -0.39 is 17.6 Å². The summed E-state index contributed by atoms with van der Waals surface area (Å²) in [5.74, 6) is 0.734. The molecule has 0 aliphatic rings. The lowest BCUT2D eigenvalue weighted by molar-refractivity contribution is -0.136. The van der Waals surface area contributed by atoms with Gasteiger partial charge in [-0.15, -0.1) is 0 Å². The third kappa shape index (κ3) is 5.60. The van der Waals surface area contributed by atoms with Gasteiger partial charge in [0.25, 0.3) is 0 Å². The van der Waals surface area contributed by atoms with Crippen molar-refractivity contribution < 1.29 is 27.2 Å². The number of alkyl halides is 3. The van der Waals surface area contributed by atoms with Crippen LogP contribution in [0.1, 0.15) is 28.1 Å². The molecule has 0 saturated heterocycles. The van der Waals surface area contributed by atoms with E-state index in [9.17, 15) is 18.0 Å². The van der Waals surface area contributed by atoms with Crippen molar-refractivity contribution in [3.63, 3.8) is 0 Å². The highest BCUT2D eigenvalue weighted by molar-refractivity contribution is 5.93. The van der Waals surface area contributed by atoms with Crippen molar-refractivity contribution >= 4 is 17.3 Å². The summed E-state index contributed by atoms with van der Waals surface area (Å²) in [5, 5.41) is 6.25. The third-order valence-electron chi connectivity index (χ3n) is 4.95. The number of nitrogens with one attached hydrogen (secondary N) is 1. The smallest absolute Gasteiger partial charge is 0.418 e. The minimum Gasteiger partial charge on any atom is -0.489 e. The van der Waals surface area contributed by atoms with Gasteiger partial charge in [0.1, 0.15) is 18.1 Å². The third-order valence-corrected chi connectivity index (χ3v) is 4.95. The van der Waals surface area contributed by atoms with Crippen LogP contribution in [0, 0.1) is 13.8 Å². The molecule has 0 bridgehead atoms. The Hall–Kier alpha value is -3.49. The molecule has 9 heteroatoms. The van der Waals surface area contributed by atoms with E-state index in [2.05, 4.69) is 10.5 Å². The lowest BCUT2D eigenvalue weighted by Gasteiger charge is -2.18. The van der Waals surface area contributed by atoms with E-state index in [1.54, 1.807) is 50.2 Å². The molecular weight excluding hydrogens is 423 g/mol. The summed E-state index contributed by atoms with van der Waals surface area (Å²) in [6, 6.07) is 10.6. The maximum Gasteiger partial charge on any atom is 0.418 e. The summed E-state index contributed by atoms with van der Waals surface area (Å²) in [6.07, 6.45) is -4.66. The first kappa shape index (κ1) is 23.2. The Balaban J connectivity index is 1.64. The van der Waals surface area contributed by atoms with Gasteiger partial charge in [0, 0.05) is 19.8 Å². The van der Waals surface area contributed by atoms with Crippen molar-refractivity contribution in [3.05, 3.63) is 70.6 Å². The van der Waals surface area contributed by atoms with Crippen LogP contribution in [-0.4, -0.2) is 25.2 Å². The van der Waals surface area contributed by atoms with Gasteiger partial charge < -0.3 is 19.5 Å². The van der Waals surface area contributed by atoms with Crippen LogP contribution in [0.15, 0.2) is 47.0 Å². The normalized spacial score (nSPS) is 11.3. The molecule has 0 radical (unpaired) electrons.